The van der Waals surface area contributed by atoms with Crippen LogP contribution in [0.25, 0.3) is 0 Å². The smallest absolute Gasteiger partial charge is 0.249 e. The molecule has 0 bridgehead atoms. The summed E-state index contributed by atoms with van der Waals surface area (Å²) in [6.45, 7) is 0.855. The molecule has 1 aromatic carbocycles. The number of rotatable bonds is 4. The van der Waals surface area contributed by atoms with Crippen molar-refractivity contribution in [2.45, 2.75) is 23.1 Å². The lowest BCUT2D eigenvalue weighted by Crippen LogP contribution is -2.22. The van der Waals surface area contributed by atoms with Gasteiger partial charge in [-0.3, -0.25) is 0 Å². The van der Waals surface area contributed by atoms with Crippen LogP contribution in [-0.2, 0) is 10.0 Å². The summed E-state index contributed by atoms with van der Waals surface area (Å²) in [5, 5.41) is 5.85. The third-order valence-electron chi connectivity index (χ3n) is 3.75. The summed E-state index contributed by atoms with van der Waals surface area (Å²) >= 11 is 1.12. The Bertz CT molecular complexity index is 756. The van der Waals surface area contributed by atoms with Crippen molar-refractivity contribution in [3.63, 3.8) is 0 Å². The van der Waals surface area contributed by atoms with Gasteiger partial charge in [0.25, 0.3) is 0 Å². The van der Waals surface area contributed by atoms with Gasteiger partial charge in [-0.15, -0.1) is 0 Å². The molecule has 0 aliphatic carbocycles. The zero-order chi connectivity index (χ0) is 15.7. The van der Waals surface area contributed by atoms with Gasteiger partial charge in [-0.25, -0.2) is 18.5 Å². The molecule has 0 spiro atoms. The maximum Gasteiger partial charge on any atom is 0.249 e. The number of hydrogen-bond donors (Lipinski definition) is 1. The molecule has 2 N–H and O–H groups in total. The molecule has 118 valence electrons. The first kappa shape index (κ1) is 15.3. The minimum Gasteiger partial charge on any atom is -0.497 e. The molecule has 0 amide bonds. The average Bonchev–Trinajstić information content (AvgIpc) is 3.15. The van der Waals surface area contributed by atoms with Crippen molar-refractivity contribution in [1.29, 1.82) is 0 Å². The molecule has 1 saturated heterocycles. The number of anilines is 1. The zero-order valence-corrected chi connectivity index (χ0v) is 13.7. The fourth-order valence-electron chi connectivity index (χ4n) is 2.68. The third-order valence-corrected chi connectivity index (χ3v) is 6.19. The van der Waals surface area contributed by atoms with Crippen LogP contribution in [0.15, 0.2) is 34.7 Å². The number of hydrogen-bond acceptors (Lipinski definition) is 6. The topological polar surface area (TPSA) is 85.5 Å². The summed E-state index contributed by atoms with van der Waals surface area (Å²) in [5.74, 6) is 0.819. The Balaban J connectivity index is 1.88. The van der Waals surface area contributed by atoms with Crippen molar-refractivity contribution in [1.82, 2.24) is 4.98 Å². The van der Waals surface area contributed by atoms with E-state index in [0.717, 1.165) is 36.5 Å². The number of aromatic nitrogens is 1. The normalized spacial score (nSPS) is 18.6. The van der Waals surface area contributed by atoms with Gasteiger partial charge in [-0.05, 0) is 30.5 Å². The van der Waals surface area contributed by atoms with E-state index in [9.17, 15) is 8.42 Å². The van der Waals surface area contributed by atoms with Crippen molar-refractivity contribution in [2.75, 3.05) is 18.6 Å². The van der Waals surface area contributed by atoms with Crippen molar-refractivity contribution < 1.29 is 13.2 Å². The Morgan fingerprint density at radius 1 is 1.36 bits per heavy atom. The van der Waals surface area contributed by atoms with Crippen molar-refractivity contribution >= 4 is 26.5 Å². The van der Waals surface area contributed by atoms with E-state index in [2.05, 4.69) is 9.88 Å². The molecule has 8 heteroatoms. The van der Waals surface area contributed by atoms with Crippen LogP contribution in [-0.4, -0.2) is 27.1 Å². The quantitative estimate of drug-likeness (QED) is 0.922. The van der Waals surface area contributed by atoms with Crippen LogP contribution in [0.2, 0.25) is 0 Å². The Morgan fingerprint density at radius 2 is 2.09 bits per heavy atom. The van der Waals surface area contributed by atoms with Crippen LogP contribution in [0.4, 0.5) is 5.13 Å². The van der Waals surface area contributed by atoms with Gasteiger partial charge >= 0.3 is 0 Å². The molecule has 3 rings (SSSR count). The molecular formula is C14H17N3O3S2. The van der Waals surface area contributed by atoms with E-state index < -0.39 is 10.0 Å². The van der Waals surface area contributed by atoms with Gasteiger partial charge in [-0.2, -0.15) is 0 Å². The Kier molecular flexibility index (Phi) is 4.07. The van der Waals surface area contributed by atoms with Crippen LogP contribution in [0.3, 0.4) is 0 Å². The van der Waals surface area contributed by atoms with E-state index in [1.54, 1.807) is 7.11 Å². The molecule has 1 fully saturated rings. The lowest BCUT2D eigenvalue weighted by molar-refractivity contribution is 0.414. The molecule has 0 saturated carbocycles. The van der Waals surface area contributed by atoms with Crippen molar-refractivity contribution in [3.8, 4) is 5.75 Å². The molecule has 0 radical (unpaired) electrons. The SMILES string of the molecule is COc1ccc([C@H]2CCCN2c2ncc(S(N)(=O)=O)s2)cc1. The number of primary sulfonamides is 1. The van der Waals surface area contributed by atoms with Gasteiger partial charge in [0, 0.05) is 6.54 Å². The number of sulfonamides is 1. The number of nitrogens with two attached hydrogens (primary N) is 1. The lowest BCUT2D eigenvalue weighted by atomic mass is 10.0. The minimum atomic E-state index is -3.69. The Morgan fingerprint density at radius 3 is 2.68 bits per heavy atom. The first-order chi connectivity index (χ1) is 10.5. The molecule has 1 aliphatic heterocycles. The zero-order valence-electron chi connectivity index (χ0n) is 12.1. The largest absolute Gasteiger partial charge is 0.497 e. The van der Waals surface area contributed by atoms with E-state index in [1.165, 1.54) is 11.8 Å². The Hall–Kier alpha value is -1.64. The van der Waals surface area contributed by atoms with E-state index in [4.69, 9.17) is 9.88 Å². The predicted molar refractivity (Wildman–Crippen MR) is 85.8 cm³/mol. The average molecular weight is 339 g/mol. The molecule has 1 aromatic heterocycles. The summed E-state index contributed by atoms with van der Waals surface area (Å²) < 4.78 is 28.1. The van der Waals surface area contributed by atoms with E-state index in [1.807, 2.05) is 24.3 Å². The first-order valence-corrected chi connectivity index (χ1v) is 9.24. The standard InChI is InChI=1S/C14H17N3O3S2/c1-20-11-6-4-10(5-7-11)12-3-2-8-17(12)14-16-9-13(21-14)22(15,18)19/h4-7,9,12H,2-3,8H2,1H3,(H2,15,18,19)/t12-/m1/s1. The monoisotopic (exact) mass is 339 g/mol. The molecule has 6 nitrogen and oxygen atoms in total. The van der Waals surface area contributed by atoms with E-state index >= 15 is 0 Å². The van der Waals surface area contributed by atoms with Crippen molar-refractivity contribution in [2.24, 2.45) is 5.14 Å². The molecule has 2 aromatic rings. The van der Waals surface area contributed by atoms with Gasteiger partial charge in [0.1, 0.15) is 5.75 Å². The first-order valence-electron chi connectivity index (χ1n) is 6.88. The lowest BCUT2D eigenvalue weighted by Gasteiger charge is -2.24. The molecule has 1 aliphatic rings. The van der Waals surface area contributed by atoms with Crippen molar-refractivity contribution in [3.05, 3.63) is 36.0 Å². The number of ether oxygens (including phenoxy) is 1. The minimum absolute atomic E-state index is 0.0999. The van der Waals surface area contributed by atoms with Crippen LogP contribution in [0, 0.1) is 0 Å². The van der Waals surface area contributed by atoms with Gasteiger partial charge in [-0.1, -0.05) is 23.5 Å². The van der Waals surface area contributed by atoms with Gasteiger partial charge in [0.15, 0.2) is 9.34 Å². The predicted octanol–water partition coefficient (Wildman–Crippen LogP) is 2.14. The maximum atomic E-state index is 11.4. The maximum absolute atomic E-state index is 11.4. The molecule has 2 heterocycles. The summed E-state index contributed by atoms with van der Waals surface area (Å²) in [5.41, 5.74) is 1.17. The van der Waals surface area contributed by atoms with Gasteiger partial charge in [0.2, 0.25) is 10.0 Å². The Labute approximate surface area is 133 Å². The van der Waals surface area contributed by atoms with Gasteiger partial charge < -0.3 is 9.64 Å². The highest BCUT2D eigenvalue weighted by Crippen LogP contribution is 2.38. The molecule has 1 atom stereocenters. The summed E-state index contributed by atoms with van der Waals surface area (Å²) in [4.78, 5) is 6.37. The molecule has 22 heavy (non-hydrogen) atoms. The third kappa shape index (κ3) is 2.94. The number of methoxy groups -OCH3 is 1. The summed E-state index contributed by atoms with van der Waals surface area (Å²) in [6.07, 6.45) is 3.39. The number of benzene rings is 1. The number of nitrogens with zero attached hydrogens (tertiary/aromatic N) is 2. The second-order valence-corrected chi connectivity index (χ2v) is 7.93. The highest BCUT2D eigenvalue weighted by molar-refractivity contribution is 7.91. The second-order valence-electron chi connectivity index (χ2n) is 5.13. The van der Waals surface area contributed by atoms with E-state index in [-0.39, 0.29) is 10.3 Å². The highest BCUT2D eigenvalue weighted by Gasteiger charge is 2.29. The van der Waals surface area contributed by atoms with Crippen LogP contribution >= 0.6 is 11.3 Å². The summed E-state index contributed by atoms with van der Waals surface area (Å²) in [7, 11) is -2.05. The molecule has 0 unspecified atom stereocenters. The number of thiazole rings is 1. The fraction of sp³-hybridized carbons (Fsp3) is 0.357. The fourth-order valence-corrected chi connectivity index (χ4v) is 4.30. The van der Waals surface area contributed by atoms with Crippen LogP contribution in [0.1, 0.15) is 24.4 Å². The van der Waals surface area contributed by atoms with Crippen LogP contribution < -0.4 is 14.8 Å². The molecular weight excluding hydrogens is 322 g/mol. The van der Waals surface area contributed by atoms with E-state index in [0.29, 0.717) is 5.13 Å². The summed E-state index contributed by atoms with van der Waals surface area (Å²) in [6, 6.07) is 8.14. The second kappa shape index (κ2) is 5.86. The van der Waals surface area contributed by atoms with Gasteiger partial charge in [0.05, 0.1) is 19.3 Å². The van der Waals surface area contributed by atoms with Crippen LogP contribution in [0.5, 0.6) is 5.75 Å². The highest BCUT2D eigenvalue weighted by atomic mass is 32.2.